The van der Waals surface area contributed by atoms with Gasteiger partial charge in [0.25, 0.3) is 0 Å². The molecule has 3 nitrogen and oxygen atoms in total. The molecule has 0 bridgehead atoms. The molecule has 0 amide bonds. The first-order chi connectivity index (χ1) is 7.70. The molecule has 0 aromatic carbocycles. The van der Waals surface area contributed by atoms with Crippen LogP contribution in [0, 0.1) is 11.8 Å². The number of likely N-dealkylation sites (tertiary alicyclic amines) is 2. The van der Waals surface area contributed by atoms with Crippen LogP contribution in [0.4, 0.5) is 0 Å². The lowest BCUT2D eigenvalue weighted by molar-refractivity contribution is 0.0900. The Morgan fingerprint density at radius 2 is 2.00 bits per heavy atom. The van der Waals surface area contributed by atoms with Gasteiger partial charge in [0.1, 0.15) is 0 Å². The minimum Gasteiger partial charge on any atom is -0.319 e. The van der Waals surface area contributed by atoms with Gasteiger partial charge < -0.3 is 10.2 Å². The fourth-order valence-corrected chi connectivity index (χ4v) is 3.50. The smallest absolute Gasteiger partial charge is 0.0145 e. The highest BCUT2D eigenvalue weighted by molar-refractivity contribution is 4.88. The van der Waals surface area contributed by atoms with Crippen LogP contribution in [0.3, 0.4) is 0 Å². The SMILES string of the molecule is CNCC1CCN(C2CCN(C)CC2C)C1. The molecule has 0 radical (unpaired) electrons. The molecule has 0 aliphatic carbocycles. The Bertz CT molecular complexity index is 219. The summed E-state index contributed by atoms with van der Waals surface area (Å²) in [5.41, 5.74) is 0. The van der Waals surface area contributed by atoms with Crippen LogP contribution in [0.2, 0.25) is 0 Å². The van der Waals surface area contributed by atoms with E-state index in [1.165, 1.54) is 45.6 Å². The van der Waals surface area contributed by atoms with Gasteiger partial charge in [-0.05, 0) is 58.4 Å². The van der Waals surface area contributed by atoms with Gasteiger partial charge in [0.15, 0.2) is 0 Å². The average molecular weight is 225 g/mol. The molecule has 3 heteroatoms. The van der Waals surface area contributed by atoms with Crippen molar-refractivity contribution in [3.8, 4) is 0 Å². The summed E-state index contributed by atoms with van der Waals surface area (Å²) in [6.07, 6.45) is 2.75. The largest absolute Gasteiger partial charge is 0.319 e. The maximum absolute atomic E-state index is 3.32. The highest BCUT2D eigenvalue weighted by atomic mass is 15.2. The van der Waals surface area contributed by atoms with Gasteiger partial charge in [0.2, 0.25) is 0 Å². The molecule has 2 rings (SSSR count). The first-order valence-corrected chi connectivity index (χ1v) is 6.78. The fourth-order valence-electron chi connectivity index (χ4n) is 3.50. The molecule has 2 saturated heterocycles. The summed E-state index contributed by atoms with van der Waals surface area (Å²) >= 11 is 0. The number of piperidine rings is 1. The third kappa shape index (κ3) is 2.76. The normalized spacial score (nSPS) is 38.1. The summed E-state index contributed by atoms with van der Waals surface area (Å²) in [5.74, 6) is 1.73. The molecule has 0 aromatic rings. The van der Waals surface area contributed by atoms with Crippen molar-refractivity contribution in [2.75, 3.05) is 46.8 Å². The second-order valence-electron chi connectivity index (χ2n) is 5.80. The van der Waals surface area contributed by atoms with Gasteiger partial charge in [-0.25, -0.2) is 0 Å². The molecule has 0 saturated carbocycles. The molecule has 0 spiro atoms. The van der Waals surface area contributed by atoms with Gasteiger partial charge in [0, 0.05) is 19.1 Å². The Labute approximate surface area is 100 Å². The molecule has 0 aromatic heterocycles. The van der Waals surface area contributed by atoms with Crippen molar-refractivity contribution in [3.05, 3.63) is 0 Å². The summed E-state index contributed by atoms with van der Waals surface area (Å²) in [5, 5.41) is 3.32. The van der Waals surface area contributed by atoms with Crippen molar-refractivity contribution in [3.63, 3.8) is 0 Å². The van der Waals surface area contributed by atoms with Crippen molar-refractivity contribution in [2.45, 2.75) is 25.8 Å². The van der Waals surface area contributed by atoms with Crippen LogP contribution in [-0.4, -0.2) is 62.7 Å². The Balaban J connectivity index is 1.84. The van der Waals surface area contributed by atoms with E-state index in [9.17, 15) is 0 Å². The third-order valence-corrected chi connectivity index (χ3v) is 4.34. The molecular formula is C13H27N3. The van der Waals surface area contributed by atoms with Gasteiger partial charge in [-0.1, -0.05) is 6.92 Å². The standard InChI is InChI=1S/C13H27N3/c1-11-9-15(3)6-5-13(11)16-7-4-12(10-16)8-14-2/h11-14H,4-10H2,1-3H3. The van der Waals surface area contributed by atoms with Crippen LogP contribution in [0.25, 0.3) is 0 Å². The lowest BCUT2D eigenvalue weighted by Gasteiger charge is -2.40. The van der Waals surface area contributed by atoms with Crippen molar-refractivity contribution in [2.24, 2.45) is 11.8 Å². The van der Waals surface area contributed by atoms with E-state index in [0.29, 0.717) is 0 Å². The van der Waals surface area contributed by atoms with E-state index >= 15 is 0 Å². The van der Waals surface area contributed by atoms with E-state index in [4.69, 9.17) is 0 Å². The lowest BCUT2D eigenvalue weighted by atomic mass is 9.93. The number of rotatable bonds is 3. The first kappa shape index (κ1) is 12.3. The second kappa shape index (κ2) is 5.48. The number of hydrogen-bond acceptors (Lipinski definition) is 3. The van der Waals surface area contributed by atoms with Crippen molar-refractivity contribution < 1.29 is 0 Å². The van der Waals surface area contributed by atoms with Gasteiger partial charge in [0.05, 0.1) is 0 Å². The van der Waals surface area contributed by atoms with Crippen LogP contribution in [0.5, 0.6) is 0 Å². The molecule has 94 valence electrons. The van der Waals surface area contributed by atoms with Gasteiger partial charge in [-0.15, -0.1) is 0 Å². The summed E-state index contributed by atoms with van der Waals surface area (Å²) in [4.78, 5) is 5.22. The maximum atomic E-state index is 3.32. The van der Waals surface area contributed by atoms with E-state index in [1.807, 2.05) is 0 Å². The highest BCUT2D eigenvalue weighted by Crippen LogP contribution is 2.26. The topological polar surface area (TPSA) is 18.5 Å². The molecule has 2 fully saturated rings. The van der Waals surface area contributed by atoms with Gasteiger partial charge in [-0.3, -0.25) is 4.90 Å². The van der Waals surface area contributed by atoms with E-state index in [0.717, 1.165) is 17.9 Å². The van der Waals surface area contributed by atoms with Gasteiger partial charge >= 0.3 is 0 Å². The zero-order valence-corrected chi connectivity index (χ0v) is 11.1. The summed E-state index contributed by atoms with van der Waals surface area (Å²) in [6, 6.07) is 0.845. The zero-order valence-electron chi connectivity index (χ0n) is 11.1. The summed E-state index contributed by atoms with van der Waals surface area (Å²) in [6.45, 7) is 8.81. The molecule has 2 aliphatic rings. The number of hydrogen-bond donors (Lipinski definition) is 1. The average Bonchev–Trinajstić information content (AvgIpc) is 2.67. The molecule has 16 heavy (non-hydrogen) atoms. The Hall–Kier alpha value is -0.120. The Morgan fingerprint density at radius 3 is 2.69 bits per heavy atom. The fraction of sp³-hybridized carbons (Fsp3) is 1.00. The minimum absolute atomic E-state index is 0.840. The third-order valence-electron chi connectivity index (χ3n) is 4.34. The predicted molar refractivity (Wildman–Crippen MR) is 68.7 cm³/mol. The molecule has 3 atom stereocenters. The zero-order chi connectivity index (χ0) is 11.5. The van der Waals surface area contributed by atoms with Crippen molar-refractivity contribution >= 4 is 0 Å². The van der Waals surface area contributed by atoms with Crippen LogP contribution >= 0.6 is 0 Å². The molecule has 3 unspecified atom stereocenters. The Morgan fingerprint density at radius 1 is 1.19 bits per heavy atom. The predicted octanol–water partition coefficient (Wildman–Crippen LogP) is 0.868. The van der Waals surface area contributed by atoms with Crippen LogP contribution in [-0.2, 0) is 0 Å². The second-order valence-corrected chi connectivity index (χ2v) is 5.80. The summed E-state index contributed by atoms with van der Waals surface area (Å²) in [7, 11) is 4.32. The first-order valence-electron chi connectivity index (χ1n) is 6.78. The molecule has 2 aliphatic heterocycles. The highest BCUT2D eigenvalue weighted by Gasteiger charge is 2.33. The quantitative estimate of drug-likeness (QED) is 0.769. The van der Waals surface area contributed by atoms with Crippen LogP contribution in [0.1, 0.15) is 19.8 Å². The maximum Gasteiger partial charge on any atom is 0.0145 e. The Kier molecular flexibility index (Phi) is 4.22. The van der Waals surface area contributed by atoms with E-state index in [-0.39, 0.29) is 0 Å². The van der Waals surface area contributed by atoms with E-state index in [1.54, 1.807) is 0 Å². The van der Waals surface area contributed by atoms with Crippen molar-refractivity contribution in [1.82, 2.24) is 15.1 Å². The summed E-state index contributed by atoms with van der Waals surface area (Å²) < 4.78 is 0. The monoisotopic (exact) mass is 225 g/mol. The molecular weight excluding hydrogens is 198 g/mol. The molecule has 1 N–H and O–H groups in total. The van der Waals surface area contributed by atoms with Crippen molar-refractivity contribution in [1.29, 1.82) is 0 Å². The van der Waals surface area contributed by atoms with E-state index in [2.05, 4.69) is 36.1 Å². The number of nitrogens with one attached hydrogen (secondary N) is 1. The number of nitrogens with zero attached hydrogens (tertiary/aromatic N) is 2. The van der Waals surface area contributed by atoms with E-state index < -0.39 is 0 Å². The van der Waals surface area contributed by atoms with Crippen LogP contribution < -0.4 is 5.32 Å². The lowest BCUT2D eigenvalue weighted by Crippen LogP contribution is -2.48. The molecule has 2 heterocycles. The minimum atomic E-state index is 0.840. The van der Waals surface area contributed by atoms with Crippen LogP contribution in [0.15, 0.2) is 0 Å². The van der Waals surface area contributed by atoms with Gasteiger partial charge in [-0.2, -0.15) is 0 Å².